The Morgan fingerprint density at radius 1 is 1.29 bits per heavy atom. The van der Waals surface area contributed by atoms with Gasteiger partial charge in [-0.25, -0.2) is 9.97 Å². The molecule has 0 spiro atoms. The molecule has 11 heteroatoms. The molecule has 1 atom stereocenters. The standard InChI is InChI=1S/C20H22F3N5O2S/c21-20(22,30-23)16-3-1-2-4-17(16)31-15(6-8-28-9-11-29-12-10-28)14-26-18-5-7-25-19(13-24)27-18/h1-5,7,15H,6,8-12,14H2,(H,25,26,27). The van der Waals surface area contributed by atoms with Gasteiger partial charge in [0.1, 0.15) is 11.9 Å². The Labute approximate surface area is 182 Å². The summed E-state index contributed by atoms with van der Waals surface area (Å²) in [4.78, 5) is 13.3. The first-order chi connectivity index (χ1) is 15.0. The topological polar surface area (TPSA) is 83.3 Å². The van der Waals surface area contributed by atoms with E-state index in [1.165, 1.54) is 30.1 Å². The number of halogens is 3. The van der Waals surface area contributed by atoms with Crippen molar-refractivity contribution in [1.29, 1.82) is 5.26 Å². The highest BCUT2D eigenvalue weighted by atomic mass is 32.2. The Balaban J connectivity index is 1.73. The average molecular weight is 453 g/mol. The fourth-order valence-electron chi connectivity index (χ4n) is 3.11. The van der Waals surface area contributed by atoms with Crippen molar-refractivity contribution in [1.82, 2.24) is 14.9 Å². The van der Waals surface area contributed by atoms with Crippen LogP contribution in [0.2, 0.25) is 0 Å². The number of nitrogens with zero attached hydrogens (tertiary/aromatic N) is 4. The van der Waals surface area contributed by atoms with Crippen LogP contribution in [-0.2, 0) is 15.8 Å². The molecule has 2 aromatic rings. The van der Waals surface area contributed by atoms with Crippen LogP contribution in [0.25, 0.3) is 0 Å². The zero-order valence-corrected chi connectivity index (χ0v) is 17.5. The van der Waals surface area contributed by atoms with E-state index in [1.807, 2.05) is 6.07 Å². The predicted octanol–water partition coefficient (Wildman–Crippen LogP) is 3.59. The van der Waals surface area contributed by atoms with Gasteiger partial charge in [-0.05, 0) is 35.7 Å². The van der Waals surface area contributed by atoms with Crippen LogP contribution in [0.1, 0.15) is 17.8 Å². The monoisotopic (exact) mass is 453 g/mol. The molecule has 1 aliphatic heterocycles. The van der Waals surface area contributed by atoms with Gasteiger partial charge in [-0.1, -0.05) is 12.1 Å². The molecule has 1 fully saturated rings. The van der Waals surface area contributed by atoms with E-state index in [-0.39, 0.29) is 16.0 Å². The molecule has 31 heavy (non-hydrogen) atoms. The minimum atomic E-state index is -4.03. The second-order valence-electron chi connectivity index (χ2n) is 6.83. The number of rotatable bonds is 10. The van der Waals surface area contributed by atoms with Crippen LogP contribution in [0, 0.1) is 11.3 Å². The van der Waals surface area contributed by atoms with Crippen LogP contribution >= 0.6 is 11.8 Å². The van der Waals surface area contributed by atoms with Crippen molar-refractivity contribution < 1.29 is 23.0 Å². The van der Waals surface area contributed by atoms with Gasteiger partial charge in [-0.3, -0.25) is 4.90 Å². The number of thioether (sulfide) groups is 1. The molecule has 7 nitrogen and oxygen atoms in total. The molecule has 0 aliphatic carbocycles. The van der Waals surface area contributed by atoms with E-state index in [4.69, 9.17) is 10.00 Å². The van der Waals surface area contributed by atoms with Gasteiger partial charge in [0.25, 0.3) is 0 Å². The number of morpholine rings is 1. The summed E-state index contributed by atoms with van der Waals surface area (Å²) in [5.41, 5.74) is -0.521. The first-order valence-corrected chi connectivity index (χ1v) is 10.6. The summed E-state index contributed by atoms with van der Waals surface area (Å²) < 4.78 is 45.7. The van der Waals surface area contributed by atoms with Gasteiger partial charge in [0, 0.05) is 36.0 Å². The number of hydrogen-bond donors (Lipinski definition) is 1. The van der Waals surface area contributed by atoms with Gasteiger partial charge in [0.2, 0.25) is 5.82 Å². The lowest BCUT2D eigenvalue weighted by Crippen LogP contribution is -2.38. The SMILES string of the molecule is N#Cc1nccc(NCC(CCN2CCOCC2)Sc2ccccc2C(F)(F)OF)n1. The molecule has 0 radical (unpaired) electrons. The lowest BCUT2D eigenvalue weighted by molar-refractivity contribution is -0.365. The van der Waals surface area contributed by atoms with Gasteiger partial charge in [0.15, 0.2) is 0 Å². The summed E-state index contributed by atoms with van der Waals surface area (Å²) in [6, 6.07) is 9.21. The van der Waals surface area contributed by atoms with E-state index >= 15 is 0 Å². The summed E-state index contributed by atoms with van der Waals surface area (Å²) in [5.74, 6) is 0.502. The average Bonchev–Trinajstić information content (AvgIpc) is 2.81. The fraction of sp³-hybridized carbons (Fsp3) is 0.450. The molecule has 0 saturated carbocycles. The van der Waals surface area contributed by atoms with Crippen molar-refractivity contribution in [3.63, 3.8) is 0 Å². The molecule has 1 aromatic heterocycles. The molecular weight excluding hydrogens is 431 g/mol. The highest BCUT2D eigenvalue weighted by molar-refractivity contribution is 8.00. The molecule has 2 heterocycles. The van der Waals surface area contributed by atoms with Crippen LogP contribution in [0.3, 0.4) is 0 Å². The van der Waals surface area contributed by atoms with Gasteiger partial charge in [0.05, 0.1) is 18.8 Å². The first-order valence-electron chi connectivity index (χ1n) is 9.72. The van der Waals surface area contributed by atoms with Gasteiger partial charge >= 0.3 is 6.11 Å². The quantitative estimate of drug-likeness (QED) is 0.547. The summed E-state index contributed by atoms with van der Waals surface area (Å²) in [7, 11) is 0. The molecular formula is C20H22F3N5O2S. The van der Waals surface area contributed by atoms with Crippen LogP contribution in [-0.4, -0.2) is 59.5 Å². The molecule has 1 saturated heterocycles. The third kappa shape index (κ3) is 6.80. The Kier molecular flexibility index (Phi) is 8.48. The summed E-state index contributed by atoms with van der Waals surface area (Å²) in [5, 5.41) is 12.0. The number of alkyl halides is 2. The highest BCUT2D eigenvalue weighted by Gasteiger charge is 2.37. The molecule has 1 unspecified atom stereocenters. The normalized spacial score (nSPS) is 15.9. The minimum Gasteiger partial charge on any atom is -0.379 e. The second-order valence-corrected chi connectivity index (χ2v) is 8.17. The summed E-state index contributed by atoms with van der Waals surface area (Å²) >= 11 is 1.22. The van der Waals surface area contributed by atoms with Crippen molar-refractivity contribution in [3.8, 4) is 6.07 Å². The number of nitrogens with one attached hydrogen (secondary N) is 1. The van der Waals surface area contributed by atoms with Gasteiger partial charge < -0.3 is 10.1 Å². The second kappa shape index (κ2) is 11.3. The van der Waals surface area contributed by atoms with Crippen molar-refractivity contribution in [2.24, 2.45) is 0 Å². The maximum atomic E-state index is 13.9. The smallest absolute Gasteiger partial charge is 0.379 e. The largest absolute Gasteiger partial charge is 0.414 e. The van der Waals surface area contributed by atoms with Crippen LogP contribution in [0.15, 0.2) is 41.4 Å². The van der Waals surface area contributed by atoms with Crippen molar-refractivity contribution in [2.45, 2.75) is 22.7 Å². The third-order valence-electron chi connectivity index (χ3n) is 4.73. The van der Waals surface area contributed by atoms with Gasteiger partial charge in [-0.2, -0.15) is 14.0 Å². The van der Waals surface area contributed by atoms with Crippen molar-refractivity contribution in [3.05, 3.63) is 47.9 Å². The Bertz CT molecular complexity index is 893. The molecule has 1 aromatic carbocycles. The van der Waals surface area contributed by atoms with Gasteiger partial charge in [-0.15, -0.1) is 16.7 Å². The Morgan fingerprint density at radius 2 is 2.06 bits per heavy atom. The zero-order valence-electron chi connectivity index (χ0n) is 16.6. The molecule has 0 bridgehead atoms. The predicted molar refractivity (Wildman–Crippen MR) is 109 cm³/mol. The molecule has 3 rings (SSSR count). The Hall–Kier alpha value is -2.39. The highest BCUT2D eigenvalue weighted by Crippen LogP contribution is 2.38. The lowest BCUT2D eigenvalue weighted by atomic mass is 10.2. The van der Waals surface area contributed by atoms with Crippen molar-refractivity contribution in [2.75, 3.05) is 44.7 Å². The van der Waals surface area contributed by atoms with Crippen LogP contribution < -0.4 is 5.32 Å². The number of hydrogen-bond acceptors (Lipinski definition) is 8. The van der Waals surface area contributed by atoms with E-state index in [0.29, 0.717) is 32.0 Å². The maximum absolute atomic E-state index is 13.9. The van der Waals surface area contributed by atoms with E-state index in [1.54, 1.807) is 12.1 Å². The van der Waals surface area contributed by atoms with Crippen LogP contribution in [0.4, 0.5) is 19.1 Å². The number of benzene rings is 1. The number of aromatic nitrogens is 2. The zero-order chi connectivity index (χ0) is 22.1. The maximum Gasteiger partial charge on any atom is 0.414 e. The van der Waals surface area contributed by atoms with E-state index in [2.05, 4.69) is 25.1 Å². The fourth-order valence-corrected chi connectivity index (χ4v) is 4.33. The minimum absolute atomic E-state index is 0.0348. The molecule has 166 valence electrons. The Morgan fingerprint density at radius 3 is 2.81 bits per heavy atom. The number of anilines is 1. The van der Waals surface area contributed by atoms with Crippen molar-refractivity contribution >= 4 is 17.6 Å². The first kappa shape index (κ1) is 23.3. The molecule has 1 N–H and O–H groups in total. The molecule has 1 aliphatic rings. The van der Waals surface area contributed by atoms with Crippen LogP contribution in [0.5, 0.6) is 0 Å². The van der Waals surface area contributed by atoms with E-state index in [0.717, 1.165) is 25.7 Å². The van der Waals surface area contributed by atoms with E-state index < -0.39 is 11.7 Å². The summed E-state index contributed by atoms with van der Waals surface area (Å²) in [6.45, 7) is 4.11. The summed E-state index contributed by atoms with van der Waals surface area (Å²) in [6.07, 6.45) is -1.87. The molecule has 0 amide bonds. The number of nitriles is 1. The lowest BCUT2D eigenvalue weighted by Gasteiger charge is -2.28. The third-order valence-corrected chi connectivity index (χ3v) is 6.07. The van der Waals surface area contributed by atoms with E-state index in [9.17, 15) is 13.3 Å². The number of ether oxygens (including phenoxy) is 1.